The third-order valence-corrected chi connectivity index (χ3v) is 3.50. The van der Waals surface area contributed by atoms with Gasteiger partial charge in [0.05, 0.1) is 24.7 Å². The lowest BCUT2D eigenvalue weighted by atomic mass is 10.2. The topological polar surface area (TPSA) is 90.4 Å². The van der Waals surface area contributed by atoms with Gasteiger partial charge in [0.15, 0.2) is 0 Å². The van der Waals surface area contributed by atoms with Crippen LogP contribution in [0.2, 0.25) is 0 Å². The number of nitrogens with one attached hydrogen (secondary N) is 1. The average Bonchev–Trinajstić information content (AvgIpc) is 2.99. The summed E-state index contributed by atoms with van der Waals surface area (Å²) in [5, 5.41) is 3.23. The number of ether oxygens (including phenoxy) is 1. The number of hydrogen-bond donors (Lipinski definition) is 2. The number of aromatic nitrogens is 1. The number of carbonyl (C=O) groups excluding carboxylic acids is 1. The SMILES string of the molecule is Cc1ccoc1CNc1ccc(Oc2cccc(C(N)=O)c2)nc1. The molecule has 2 aromatic heterocycles. The maximum absolute atomic E-state index is 11.2. The van der Waals surface area contributed by atoms with Gasteiger partial charge in [-0.15, -0.1) is 0 Å². The Bertz CT molecular complexity index is 841. The van der Waals surface area contributed by atoms with E-state index in [9.17, 15) is 4.79 Å². The van der Waals surface area contributed by atoms with Crippen LogP contribution in [-0.2, 0) is 6.54 Å². The number of anilines is 1. The van der Waals surface area contributed by atoms with E-state index < -0.39 is 5.91 Å². The van der Waals surface area contributed by atoms with E-state index in [-0.39, 0.29) is 0 Å². The molecule has 0 saturated carbocycles. The van der Waals surface area contributed by atoms with Gasteiger partial charge >= 0.3 is 0 Å². The van der Waals surface area contributed by atoms with Gasteiger partial charge in [-0.1, -0.05) is 6.07 Å². The van der Waals surface area contributed by atoms with E-state index in [1.54, 1.807) is 42.8 Å². The molecule has 3 N–H and O–H groups in total. The molecule has 24 heavy (non-hydrogen) atoms. The fourth-order valence-electron chi connectivity index (χ4n) is 2.15. The minimum Gasteiger partial charge on any atom is -0.467 e. The van der Waals surface area contributed by atoms with Crippen LogP contribution in [0.1, 0.15) is 21.7 Å². The summed E-state index contributed by atoms with van der Waals surface area (Å²) >= 11 is 0. The van der Waals surface area contributed by atoms with Crippen molar-refractivity contribution in [3.63, 3.8) is 0 Å². The third kappa shape index (κ3) is 3.73. The van der Waals surface area contributed by atoms with Crippen LogP contribution >= 0.6 is 0 Å². The highest BCUT2D eigenvalue weighted by Gasteiger charge is 2.05. The normalized spacial score (nSPS) is 10.4. The number of primary amides is 1. The first-order chi connectivity index (χ1) is 11.6. The second-order valence-corrected chi connectivity index (χ2v) is 5.26. The number of furan rings is 1. The Hall–Kier alpha value is -3.28. The lowest BCUT2D eigenvalue weighted by Gasteiger charge is -2.08. The Kier molecular flexibility index (Phi) is 4.47. The molecule has 0 spiro atoms. The van der Waals surface area contributed by atoms with Gasteiger partial charge in [0, 0.05) is 11.6 Å². The number of nitrogens with zero attached hydrogens (tertiary/aromatic N) is 1. The van der Waals surface area contributed by atoms with Crippen molar-refractivity contribution in [3.8, 4) is 11.6 Å². The first kappa shape index (κ1) is 15.6. The lowest BCUT2D eigenvalue weighted by molar-refractivity contribution is 0.1000. The lowest BCUT2D eigenvalue weighted by Crippen LogP contribution is -2.10. The minimum atomic E-state index is -0.499. The van der Waals surface area contributed by atoms with E-state index in [0.29, 0.717) is 23.7 Å². The van der Waals surface area contributed by atoms with Crippen LogP contribution in [0.15, 0.2) is 59.3 Å². The Morgan fingerprint density at radius 3 is 2.83 bits per heavy atom. The second-order valence-electron chi connectivity index (χ2n) is 5.26. The van der Waals surface area contributed by atoms with Gasteiger partial charge in [-0.3, -0.25) is 4.79 Å². The monoisotopic (exact) mass is 323 g/mol. The highest BCUT2D eigenvalue weighted by atomic mass is 16.5. The zero-order valence-corrected chi connectivity index (χ0v) is 13.2. The summed E-state index contributed by atoms with van der Waals surface area (Å²) in [5.74, 6) is 1.32. The average molecular weight is 323 g/mol. The van der Waals surface area contributed by atoms with Crippen molar-refractivity contribution < 1.29 is 13.9 Å². The van der Waals surface area contributed by atoms with Crippen LogP contribution in [0.25, 0.3) is 0 Å². The highest BCUT2D eigenvalue weighted by molar-refractivity contribution is 5.93. The molecule has 0 atom stereocenters. The smallest absolute Gasteiger partial charge is 0.248 e. The molecule has 0 unspecified atom stereocenters. The number of pyridine rings is 1. The number of nitrogens with two attached hydrogens (primary N) is 1. The predicted molar refractivity (Wildman–Crippen MR) is 90.0 cm³/mol. The zero-order chi connectivity index (χ0) is 16.9. The molecule has 0 radical (unpaired) electrons. The number of rotatable bonds is 6. The molecular formula is C18H17N3O3. The fourth-order valence-corrected chi connectivity index (χ4v) is 2.15. The van der Waals surface area contributed by atoms with Crippen molar-refractivity contribution in [2.75, 3.05) is 5.32 Å². The number of benzene rings is 1. The molecule has 1 amide bonds. The largest absolute Gasteiger partial charge is 0.467 e. The van der Waals surface area contributed by atoms with Crippen LogP contribution < -0.4 is 15.8 Å². The fraction of sp³-hybridized carbons (Fsp3) is 0.111. The van der Waals surface area contributed by atoms with E-state index in [2.05, 4.69) is 10.3 Å². The first-order valence-electron chi connectivity index (χ1n) is 7.42. The second kappa shape index (κ2) is 6.87. The molecule has 0 bridgehead atoms. The van der Waals surface area contributed by atoms with Gasteiger partial charge in [-0.2, -0.15) is 0 Å². The Morgan fingerprint density at radius 2 is 2.17 bits per heavy atom. The summed E-state index contributed by atoms with van der Waals surface area (Å²) in [6.45, 7) is 2.58. The standard InChI is InChI=1S/C18H17N3O3/c1-12-7-8-23-16(12)11-20-14-5-6-17(21-10-14)24-15-4-2-3-13(9-15)18(19)22/h2-10,20H,11H2,1H3,(H2,19,22). The quantitative estimate of drug-likeness (QED) is 0.724. The van der Waals surface area contributed by atoms with E-state index in [1.165, 1.54) is 0 Å². The summed E-state index contributed by atoms with van der Waals surface area (Å²) in [5.41, 5.74) is 7.60. The van der Waals surface area contributed by atoms with Crippen LogP contribution in [0.3, 0.4) is 0 Å². The van der Waals surface area contributed by atoms with Crippen molar-refractivity contribution >= 4 is 11.6 Å². The van der Waals surface area contributed by atoms with Gasteiger partial charge in [-0.05, 0) is 42.8 Å². The Morgan fingerprint density at radius 1 is 1.29 bits per heavy atom. The van der Waals surface area contributed by atoms with Gasteiger partial charge in [-0.25, -0.2) is 4.98 Å². The molecule has 6 heteroatoms. The molecule has 2 heterocycles. The molecule has 3 rings (SSSR count). The Balaban J connectivity index is 1.63. The molecule has 0 aliphatic heterocycles. The zero-order valence-electron chi connectivity index (χ0n) is 13.2. The minimum absolute atomic E-state index is 0.389. The van der Waals surface area contributed by atoms with Crippen LogP contribution in [0, 0.1) is 6.92 Å². The molecule has 0 aliphatic carbocycles. The summed E-state index contributed by atoms with van der Waals surface area (Å²) in [4.78, 5) is 15.4. The first-order valence-corrected chi connectivity index (χ1v) is 7.42. The van der Waals surface area contributed by atoms with Crippen LogP contribution in [-0.4, -0.2) is 10.9 Å². The molecule has 0 saturated heterocycles. The third-order valence-electron chi connectivity index (χ3n) is 3.50. The van der Waals surface area contributed by atoms with Crippen molar-refractivity contribution in [1.82, 2.24) is 4.98 Å². The molecule has 0 fully saturated rings. The van der Waals surface area contributed by atoms with Crippen LogP contribution in [0.4, 0.5) is 5.69 Å². The number of carbonyl (C=O) groups is 1. The molecule has 3 aromatic rings. The molecule has 0 aliphatic rings. The summed E-state index contributed by atoms with van der Waals surface area (Å²) in [7, 11) is 0. The molecule has 1 aromatic carbocycles. The number of hydrogen-bond acceptors (Lipinski definition) is 5. The van der Waals surface area contributed by atoms with E-state index in [1.807, 2.05) is 19.1 Å². The Labute approximate surface area is 139 Å². The summed E-state index contributed by atoms with van der Waals surface area (Å²) < 4.78 is 11.0. The highest BCUT2D eigenvalue weighted by Crippen LogP contribution is 2.22. The van der Waals surface area contributed by atoms with Crippen molar-refractivity contribution in [2.45, 2.75) is 13.5 Å². The van der Waals surface area contributed by atoms with Gasteiger partial charge in [0.25, 0.3) is 0 Å². The van der Waals surface area contributed by atoms with E-state index in [0.717, 1.165) is 17.0 Å². The van der Waals surface area contributed by atoms with E-state index >= 15 is 0 Å². The van der Waals surface area contributed by atoms with Gasteiger partial charge in [0.2, 0.25) is 11.8 Å². The number of amides is 1. The van der Waals surface area contributed by atoms with Gasteiger partial charge < -0.3 is 20.2 Å². The number of aryl methyl sites for hydroxylation is 1. The summed E-state index contributed by atoms with van der Waals surface area (Å²) in [6.07, 6.45) is 3.34. The van der Waals surface area contributed by atoms with Gasteiger partial charge in [0.1, 0.15) is 11.5 Å². The maximum atomic E-state index is 11.2. The molecule has 122 valence electrons. The maximum Gasteiger partial charge on any atom is 0.248 e. The van der Waals surface area contributed by atoms with Crippen molar-refractivity contribution in [3.05, 3.63) is 71.8 Å². The van der Waals surface area contributed by atoms with Crippen molar-refractivity contribution in [2.24, 2.45) is 5.73 Å². The van der Waals surface area contributed by atoms with Crippen LogP contribution in [0.5, 0.6) is 11.6 Å². The van der Waals surface area contributed by atoms with E-state index in [4.69, 9.17) is 14.9 Å². The predicted octanol–water partition coefficient (Wildman–Crippen LogP) is 3.49. The molecular weight excluding hydrogens is 306 g/mol. The molecule has 6 nitrogen and oxygen atoms in total. The summed E-state index contributed by atoms with van der Waals surface area (Å²) in [6, 6.07) is 12.2. The van der Waals surface area contributed by atoms with Crippen molar-refractivity contribution in [1.29, 1.82) is 0 Å².